The first kappa shape index (κ1) is 12.3. The quantitative estimate of drug-likeness (QED) is 0.902. The minimum Gasteiger partial charge on any atom is -0.388 e. The van der Waals surface area contributed by atoms with E-state index in [1.54, 1.807) is 11.3 Å². The summed E-state index contributed by atoms with van der Waals surface area (Å²) < 4.78 is 0. The van der Waals surface area contributed by atoms with Crippen LogP contribution < -0.4 is 0 Å². The van der Waals surface area contributed by atoms with Crippen LogP contribution in [0, 0.1) is 20.8 Å². The van der Waals surface area contributed by atoms with Crippen molar-refractivity contribution < 1.29 is 5.11 Å². The highest BCUT2D eigenvalue weighted by Gasteiger charge is 2.15. The number of aliphatic hydroxyl groups excluding tert-OH is 1. The molecule has 17 heavy (non-hydrogen) atoms. The van der Waals surface area contributed by atoms with E-state index in [0.29, 0.717) is 6.42 Å². The van der Waals surface area contributed by atoms with Crippen molar-refractivity contribution in [1.82, 2.24) is 4.98 Å². The highest BCUT2D eigenvalue weighted by molar-refractivity contribution is 7.09. The van der Waals surface area contributed by atoms with E-state index >= 15 is 0 Å². The molecule has 0 aliphatic heterocycles. The Bertz CT molecular complexity index is 498. The SMILES string of the molecule is Cc1csc(CC(O)c2c(C)cccc2C)n1. The molecule has 1 heterocycles. The van der Waals surface area contributed by atoms with Gasteiger partial charge in [0.15, 0.2) is 0 Å². The topological polar surface area (TPSA) is 33.1 Å². The Morgan fingerprint density at radius 1 is 1.24 bits per heavy atom. The molecule has 0 aliphatic rings. The lowest BCUT2D eigenvalue weighted by molar-refractivity contribution is 0.177. The molecule has 0 radical (unpaired) electrons. The second-order valence-electron chi connectivity index (χ2n) is 4.41. The minimum absolute atomic E-state index is 0.457. The average Bonchev–Trinajstić information content (AvgIpc) is 2.63. The molecule has 1 unspecified atom stereocenters. The van der Waals surface area contributed by atoms with E-state index < -0.39 is 6.10 Å². The smallest absolute Gasteiger partial charge is 0.0957 e. The van der Waals surface area contributed by atoms with Gasteiger partial charge in [-0.3, -0.25) is 0 Å². The van der Waals surface area contributed by atoms with Crippen molar-refractivity contribution in [3.8, 4) is 0 Å². The molecule has 2 rings (SSSR count). The maximum atomic E-state index is 10.3. The Balaban J connectivity index is 2.22. The van der Waals surface area contributed by atoms with Gasteiger partial charge in [-0.25, -0.2) is 4.98 Å². The van der Waals surface area contributed by atoms with Crippen LogP contribution in [0.2, 0.25) is 0 Å². The van der Waals surface area contributed by atoms with Gasteiger partial charge in [-0.05, 0) is 37.5 Å². The van der Waals surface area contributed by atoms with Gasteiger partial charge in [0.25, 0.3) is 0 Å². The average molecular weight is 247 g/mol. The lowest BCUT2D eigenvalue weighted by atomic mass is 9.96. The fraction of sp³-hybridized carbons (Fsp3) is 0.357. The number of thiazole rings is 1. The molecule has 0 bridgehead atoms. The normalized spacial score (nSPS) is 12.7. The molecule has 0 amide bonds. The summed E-state index contributed by atoms with van der Waals surface area (Å²) in [4.78, 5) is 4.39. The second-order valence-corrected chi connectivity index (χ2v) is 5.35. The first-order valence-corrected chi connectivity index (χ1v) is 6.61. The molecular formula is C14H17NOS. The molecule has 2 aromatic rings. The van der Waals surface area contributed by atoms with Crippen LogP contribution in [0.4, 0.5) is 0 Å². The van der Waals surface area contributed by atoms with E-state index in [1.165, 1.54) is 0 Å². The summed E-state index contributed by atoms with van der Waals surface area (Å²) in [5.41, 5.74) is 4.36. The van der Waals surface area contributed by atoms with Crippen LogP contribution in [-0.4, -0.2) is 10.1 Å². The van der Waals surface area contributed by atoms with E-state index in [2.05, 4.69) is 4.98 Å². The van der Waals surface area contributed by atoms with Gasteiger partial charge < -0.3 is 5.11 Å². The van der Waals surface area contributed by atoms with Gasteiger partial charge in [0.1, 0.15) is 0 Å². The van der Waals surface area contributed by atoms with Gasteiger partial charge in [-0.1, -0.05) is 18.2 Å². The highest BCUT2D eigenvalue weighted by atomic mass is 32.1. The van der Waals surface area contributed by atoms with Crippen LogP contribution in [0.15, 0.2) is 23.6 Å². The summed E-state index contributed by atoms with van der Waals surface area (Å²) in [6.07, 6.45) is 0.145. The fourth-order valence-electron chi connectivity index (χ4n) is 2.12. The number of rotatable bonds is 3. The summed E-state index contributed by atoms with van der Waals surface area (Å²) in [5.74, 6) is 0. The number of aryl methyl sites for hydroxylation is 3. The molecule has 3 heteroatoms. The van der Waals surface area contributed by atoms with Crippen molar-refractivity contribution in [3.63, 3.8) is 0 Å². The molecule has 90 valence electrons. The summed E-state index contributed by atoms with van der Waals surface area (Å²) in [7, 11) is 0. The molecule has 1 N–H and O–H groups in total. The monoisotopic (exact) mass is 247 g/mol. The van der Waals surface area contributed by atoms with E-state index in [9.17, 15) is 5.11 Å². The Kier molecular flexibility index (Phi) is 3.60. The third kappa shape index (κ3) is 2.73. The molecule has 0 saturated carbocycles. The summed E-state index contributed by atoms with van der Waals surface area (Å²) in [6, 6.07) is 6.10. The van der Waals surface area contributed by atoms with Crippen molar-refractivity contribution in [1.29, 1.82) is 0 Å². The number of nitrogens with zero attached hydrogens (tertiary/aromatic N) is 1. The van der Waals surface area contributed by atoms with E-state index in [4.69, 9.17) is 0 Å². The first-order valence-electron chi connectivity index (χ1n) is 5.73. The van der Waals surface area contributed by atoms with Crippen LogP contribution in [-0.2, 0) is 6.42 Å². The Hall–Kier alpha value is -1.19. The van der Waals surface area contributed by atoms with Gasteiger partial charge in [0, 0.05) is 17.5 Å². The maximum Gasteiger partial charge on any atom is 0.0957 e. The zero-order chi connectivity index (χ0) is 12.4. The Morgan fingerprint density at radius 2 is 1.88 bits per heavy atom. The summed E-state index contributed by atoms with van der Waals surface area (Å²) in [5, 5.41) is 13.3. The molecule has 2 nitrogen and oxygen atoms in total. The predicted octanol–water partition coefficient (Wildman–Crippen LogP) is 3.34. The molecule has 1 atom stereocenters. The van der Waals surface area contributed by atoms with Crippen molar-refractivity contribution in [2.75, 3.05) is 0 Å². The van der Waals surface area contributed by atoms with Crippen molar-refractivity contribution in [2.45, 2.75) is 33.3 Å². The lowest BCUT2D eigenvalue weighted by Crippen LogP contribution is -2.06. The molecule has 0 fully saturated rings. The molecule has 1 aromatic carbocycles. The van der Waals surface area contributed by atoms with Crippen LogP contribution in [0.3, 0.4) is 0 Å². The van der Waals surface area contributed by atoms with E-state index in [-0.39, 0.29) is 0 Å². The predicted molar refractivity (Wildman–Crippen MR) is 71.4 cm³/mol. The van der Waals surface area contributed by atoms with Crippen molar-refractivity contribution in [2.24, 2.45) is 0 Å². The van der Waals surface area contributed by atoms with Gasteiger partial charge in [-0.15, -0.1) is 11.3 Å². The van der Waals surface area contributed by atoms with E-state index in [0.717, 1.165) is 27.4 Å². The Labute approximate surface area is 106 Å². The summed E-state index contributed by atoms with van der Waals surface area (Å²) in [6.45, 7) is 6.06. The lowest BCUT2D eigenvalue weighted by Gasteiger charge is -2.15. The molecule has 0 spiro atoms. The third-order valence-corrected chi connectivity index (χ3v) is 3.90. The van der Waals surface area contributed by atoms with Crippen LogP contribution in [0.1, 0.15) is 33.5 Å². The number of aromatic nitrogens is 1. The highest BCUT2D eigenvalue weighted by Crippen LogP contribution is 2.25. The third-order valence-electron chi connectivity index (χ3n) is 2.91. The number of aliphatic hydroxyl groups is 1. The number of hydrogen-bond donors (Lipinski definition) is 1. The molecular weight excluding hydrogens is 230 g/mol. The van der Waals surface area contributed by atoms with Crippen LogP contribution >= 0.6 is 11.3 Å². The zero-order valence-corrected chi connectivity index (χ0v) is 11.2. The van der Waals surface area contributed by atoms with Gasteiger partial charge in [0.2, 0.25) is 0 Å². The van der Waals surface area contributed by atoms with Crippen LogP contribution in [0.5, 0.6) is 0 Å². The fourth-order valence-corrected chi connectivity index (χ4v) is 2.93. The maximum absolute atomic E-state index is 10.3. The number of hydrogen-bond acceptors (Lipinski definition) is 3. The molecule has 0 aliphatic carbocycles. The molecule has 0 saturated heterocycles. The Morgan fingerprint density at radius 3 is 2.41 bits per heavy atom. The van der Waals surface area contributed by atoms with Crippen molar-refractivity contribution in [3.05, 3.63) is 51.0 Å². The minimum atomic E-state index is -0.457. The standard InChI is InChI=1S/C14H17NOS/c1-9-5-4-6-10(2)14(9)12(16)7-13-15-11(3)8-17-13/h4-6,8,12,16H,7H2,1-3H3. The van der Waals surface area contributed by atoms with Crippen molar-refractivity contribution >= 4 is 11.3 Å². The summed E-state index contributed by atoms with van der Waals surface area (Å²) >= 11 is 1.61. The van der Waals surface area contributed by atoms with Gasteiger partial charge >= 0.3 is 0 Å². The first-order chi connectivity index (χ1) is 8.08. The largest absolute Gasteiger partial charge is 0.388 e. The zero-order valence-electron chi connectivity index (χ0n) is 10.4. The molecule has 1 aromatic heterocycles. The van der Waals surface area contributed by atoms with Gasteiger partial charge in [0.05, 0.1) is 11.1 Å². The van der Waals surface area contributed by atoms with E-state index in [1.807, 2.05) is 44.4 Å². The second kappa shape index (κ2) is 4.98. The van der Waals surface area contributed by atoms with Gasteiger partial charge in [-0.2, -0.15) is 0 Å². The van der Waals surface area contributed by atoms with Crippen LogP contribution in [0.25, 0.3) is 0 Å². The number of benzene rings is 1.